The summed E-state index contributed by atoms with van der Waals surface area (Å²) in [6, 6.07) is 5.69. The number of benzene rings is 1. The summed E-state index contributed by atoms with van der Waals surface area (Å²) >= 11 is 1.68. The molecule has 0 aliphatic carbocycles. The van der Waals surface area contributed by atoms with E-state index in [2.05, 4.69) is 29.1 Å². The molecule has 0 aliphatic heterocycles. The largest absolute Gasteiger partial charge is 0.493 e. The molecule has 2 aromatic heterocycles. The number of ether oxygens (including phenoxy) is 2. The summed E-state index contributed by atoms with van der Waals surface area (Å²) in [7, 11) is 3.24. The van der Waals surface area contributed by atoms with Gasteiger partial charge in [-0.05, 0) is 31.5 Å². The highest BCUT2D eigenvalue weighted by Gasteiger charge is 2.13. The Bertz CT molecular complexity index is 830. The topological polar surface area (TPSA) is 56.3 Å². The number of nitrogens with zero attached hydrogens (tertiary/aromatic N) is 2. The second kappa shape index (κ2) is 5.81. The fourth-order valence-corrected chi connectivity index (χ4v) is 3.32. The van der Waals surface area contributed by atoms with E-state index in [1.165, 1.54) is 10.4 Å². The molecule has 6 heteroatoms. The smallest absolute Gasteiger partial charge is 0.162 e. The van der Waals surface area contributed by atoms with Crippen LogP contribution in [0.1, 0.15) is 10.4 Å². The van der Waals surface area contributed by atoms with E-state index < -0.39 is 0 Å². The summed E-state index contributed by atoms with van der Waals surface area (Å²) in [5.74, 6) is 2.18. The monoisotopic (exact) mass is 315 g/mol. The van der Waals surface area contributed by atoms with Gasteiger partial charge in [0.05, 0.1) is 19.6 Å². The van der Waals surface area contributed by atoms with Gasteiger partial charge >= 0.3 is 0 Å². The van der Waals surface area contributed by atoms with Crippen molar-refractivity contribution in [1.82, 2.24) is 9.97 Å². The van der Waals surface area contributed by atoms with Crippen LogP contribution in [-0.2, 0) is 0 Å². The summed E-state index contributed by atoms with van der Waals surface area (Å²) < 4.78 is 10.6. The standard InChI is InChI=1S/C16H17N3O2S/c1-9-10(2)22-16-14(9)15(17-8-18-16)19-11-5-6-12(20-3)13(7-11)21-4/h5-8H,1-4H3,(H,17,18,19). The van der Waals surface area contributed by atoms with Gasteiger partial charge in [0.1, 0.15) is 17.0 Å². The molecule has 2 heterocycles. The fourth-order valence-electron chi connectivity index (χ4n) is 2.33. The van der Waals surface area contributed by atoms with Crippen LogP contribution in [0, 0.1) is 13.8 Å². The number of rotatable bonds is 4. The van der Waals surface area contributed by atoms with Crippen LogP contribution in [0.25, 0.3) is 10.2 Å². The molecule has 0 fully saturated rings. The maximum atomic E-state index is 5.33. The van der Waals surface area contributed by atoms with Gasteiger partial charge in [-0.15, -0.1) is 11.3 Å². The molecule has 0 saturated carbocycles. The molecule has 114 valence electrons. The average molecular weight is 315 g/mol. The van der Waals surface area contributed by atoms with Crippen molar-refractivity contribution in [2.75, 3.05) is 19.5 Å². The van der Waals surface area contributed by atoms with Crippen LogP contribution in [0.3, 0.4) is 0 Å². The molecule has 0 unspecified atom stereocenters. The van der Waals surface area contributed by atoms with Crippen molar-refractivity contribution in [2.45, 2.75) is 13.8 Å². The Morgan fingerprint density at radius 1 is 1.05 bits per heavy atom. The minimum Gasteiger partial charge on any atom is -0.493 e. The van der Waals surface area contributed by atoms with Crippen LogP contribution in [0.2, 0.25) is 0 Å². The van der Waals surface area contributed by atoms with Gasteiger partial charge in [-0.1, -0.05) is 0 Å². The van der Waals surface area contributed by atoms with Crippen molar-refractivity contribution in [1.29, 1.82) is 0 Å². The first-order valence-corrected chi connectivity index (χ1v) is 7.65. The number of hydrogen-bond donors (Lipinski definition) is 1. The Morgan fingerprint density at radius 2 is 1.82 bits per heavy atom. The molecule has 3 rings (SSSR count). The van der Waals surface area contributed by atoms with E-state index in [0.717, 1.165) is 21.7 Å². The summed E-state index contributed by atoms with van der Waals surface area (Å²) in [6.07, 6.45) is 1.58. The number of hydrogen-bond acceptors (Lipinski definition) is 6. The molecule has 3 aromatic rings. The third-order valence-electron chi connectivity index (χ3n) is 3.61. The summed E-state index contributed by atoms with van der Waals surface area (Å²) in [4.78, 5) is 11.0. The summed E-state index contributed by atoms with van der Waals surface area (Å²) in [5, 5.41) is 4.42. The lowest BCUT2D eigenvalue weighted by Crippen LogP contribution is -1.97. The summed E-state index contributed by atoms with van der Waals surface area (Å²) in [6.45, 7) is 4.19. The number of aromatic nitrogens is 2. The molecule has 22 heavy (non-hydrogen) atoms. The van der Waals surface area contributed by atoms with Crippen LogP contribution >= 0.6 is 11.3 Å². The average Bonchev–Trinajstić information content (AvgIpc) is 2.83. The van der Waals surface area contributed by atoms with Crippen LogP contribution in [0.4, 0.5) is 11.5 Å². The molecule has 0 spiro atoms. The number of thiophene rings is 1. The summed E-state index contributed by atoms with van der Waals surface area (Å²) in [5.41, 5.74) is 2.10. The Hall–Kier alpha value is -2.34. The zero-order valence-electron chi connectivity index (χ0n) is 12.9. The first kappa shape index (κ1) is 14.6. The molecule has 0 atom stereocenters. The fraction of sp³-hybridized carbons (Fsp3) is 0.250. The van der Waals surface area contributed by atoms with Crippen molar-refractivity contribution in [2.24, 2.45) is 0 Å². The number of aryl methyl sites for hydroxylation is 2. The Kier molecular flexibility index (Phi) is 3.85. The highest BCUT2D eigenvalue weighted by molar-refractivity contribution is 7.18. The quantitative estimate of drug-likeness (QED) is 0.786. The molecular weight excluding hydrogens is 298 g/mol. The molecule has 5 nitrogen and oxygen atoms in total. The van der Waals surface area contributed by atoms with Crippen molar-refractivity contribution in [3.63, 3.8) is 0 Å². The minimum absolute atomic E-state index is 0.677. The molecule has 0 amide bonds. The van der Waals surface area contributed by atoms with Crippen molar-refractivity contribution in [3.8, 4) is 11.5 Å². The third kappa shape index (κ3) is 2.46. The first-order valence-electron chi connectivity index (χ1n) is 6.83. The van der Waals surface area contributed by atoms with Gasteiger partial charge in [0.15, 0.2) is 11.5 Å². The molecular formula is C16H17N3O2S. The van der Waals surface area contributed by atoms with Gasteiger partial charge in [-0.3, -0.25) is 0 Å². The third-order valence-corrected chi connectivity index (χ3v) is 4.73. The van der Waals surface area contributed by atoms with E-state index in [9.17, 15) is 0 Å². The van der Waals surface area contributed by atoms with Crippen molar-refractivity contribution < 1.29 is 9.47 Å². The van der Waals surface area contributed by atoms with Gasteiger partial charge < -0.3 is 14.8 Å². The molecule has 1 aromatic carbocycles. The van der Waals surface area contributed by atoms with Gasteiger partial charge in [-0.25, -0.2) is 9.97 Å². The molecule has 0 aliphatic rings. The van der Waals surface area contributed by atoms with Gasteiger partial charge in [0.25, 0.3) is 0 Å². The number of fused-ring (bicyclic) bond motifs is 1. The van der Waals surface area contributed by atoms with E-state index >= 15 is 0 Å². The van der Waals surface area contributed by atoms with Crippen LogP contribution in [0.15, 0.2) is 24.5 Å². The number of methoxy groups -OCH3 is 2. The van der Waals surface area contributed by atoms with E-state index in [-0.39, 0.29) is 0 Å². The predicted octanol–water partition coefficient (Wildman–Crippen LogP) is 4.07. The first-order chi connectivity index (χ1) is 10.6. The van der Waals surface area contributed by atoms with E-state index in [0.29, 0.717) is 11.5 Å². The van der Waals surface area contributed by atoms with Crippen LogP contribution in [0.5, 0.6) is 11.5 Å². The van der Waals surface area contributed by atoms with E-state index in [4.69, 9.17) is 9.47 Å². The maximum Gasteiger partial charge on any atom is 0.162 e. The molecule has 0 radical (unpaired) electrons. The van der Waals surface area contributed by atoms with E-state index in [1.807, 2.05) is 18.2 Å². The van der Waals surface area contributed by atoms with E-state index in [1.54, 1.807) is 31.9 Å². The molecule has 0 bridgehead atoms. The van der Waals surface area contributed by atoms with Crippen LogP contribution < -0.4 is 14.8 Å². The maximum absolute atomic E-state index is 5.33. The predicted molar refractivity (Wildman–Crippen MR) is 89.7 cm³/mol. The normalized spacial score (nSPS) is 10.7. The van der Waals surface area contributed by atoms with Crippen molar-refractivity contribution in [3.05, 3.63) is 35.0 Å². The highest BCUT2D eigenvalue weighted by Crippen LogP contribution is 2.35. The Morgan fingerprint density at radius 3 is 2.55 bits per heavy atom. The molecule has 0 saturated heterocycles. The number of anilines is 2. The minimum atomic E-state index is 0.677. The van der Waals surface area contributed by atoms with Gasteiger partial charge in [-0.2, -0.15) is 0 Å². The Labute approximate surface area is 132 Å². The highest BCUT2D eigenvalue weighted by atomic mass is 32.1. The molecule has 1 N–H and O–H groups in total. The second-order valence-corrected chi connectivity index (χ2v) is 6.08. The lowest BCUT2D eigenvalue weighted by Gasteiger charge is -2.11. The second-order valence-electron chi connectivity index (χ2n) is 4.88. The van der Waals surface area contributed by atoms with Crippen molar-refractivity contribution >= 4 is 33.1 Å². The number of nitrogens with one attached hydrogen (secondary N) is 1. The zero-order valence-corrected chi connectivity index (χ0v) is 13.7. The lowest BCUT2D eigenvalue weighted by atomic mass is 10.2. The zero-order chi connectivity index (χ0) is 15.7. The van der Waals surface area contributed by atoms with Gasteiger partial charge in [0.2, 0.25) is 0 Å². The SMILES string of the molecule is COc1ccc(Nc2ncnc3sc(C)c(C)c23)cc1OC. The lowest BCUT2D eigenvalue weighted by molar-refractivity contribution is 0.355. The Balaban J connectivity index is 2.03. The van der Waals surface area contributed by atoms with Crippen LogP contribution in [-0.4, -0.2) is 24.2 Å². The van der Waals surface area contributed by atoms with Gasteiger partial charge in [0, 0.05) is 16.6 Å².